The van der Waals surface area contributed by atoms with Gasteiger partial charge in [-0.25, -0.2) is 0 Å². The van der Waals surface area contributed by atoms with Crippen molar-refractivity contribution >= 4 is 11.6 Å². The van der Waals surface area contributed by atoms with E-state index in [1.165, 1.54) is 0 Å². The number of hydrogen-bond donors (Lipinski definition) is 2. The van der Waals surface area contributed by atoms with Gasteiger partial charge >= 0.3 is 0 Å². The number of anilines is 1. The normalized spacial score (nSPS) is 16.2. The summed E-state index contributed by atoms with van der Waals surface area (Å²) >= 11 is 0. The number of benzene rings is 1. The second-order valence-electron chi connectivity index (χ2n) is 4.64. The first-order valence-corrected chi connectivity index (χ1v) is 6.70. The minimum atomic E-state index is -0.392. The molecule has 1 aliphatic heterocycles. The second kappa shape index (κ2) is 7.11. The van der Waals surface area contributed by atoms with Crippen LogP contribution in [0.3, 0.4) is 0 Å². The summed E-state index contributed by atoms with van der Waals surface area (Å²) in [5.41, 5.74) is 6.70. The fraction of sp³-hybridized carbons (Fsp3) is 0.500. The number of primary amides is 1. The fourth-order valence-electron chi connectivity index (χ4n) is 2.20. The Morgan fingerprint density at radius 1 is 1.32 bits per heavy atom. The lowest BCUT2D eigenvalue weighted by Gasteiger charge is -2.26. The molecule has 0 radical (unpaired) electrons. The molecule has 2 rings (SSSR count). The number of ether oxygens (including phenoxy) is 1. The molecule has 1 aliphatic rings. The van der Waals surface area contributed by atoms with Crippen molar-refractivity contribution in [3.05, 3.63) is 29.8 Å². The number of nitrogens with one attached hydrogen (secondary N) is 1. The van der Waals surface area contributed by atoms with Crippen molar-refractivity contribution in [2.45, 2.75) is 6.42 Å². The smallest absolute Gasteiger partial charge is 0.250 e. The third kappa shape index (κ3) is 4.22. The van der Waals surface area contributed by atoms with Gasteiger partial charge < -0.3 is 15.8 Å². The van der Waals surface area contributed by atoms with E-state index in [1.54, 1.807) is 6.07 Å². The number of nitrogens with two attached hydrogens (primary N) is 1. The van der Waals surface area contributed by atoms with Gasteiger partial charge in [-0.3, -0.25) is 9.69 Å². The van der Waals surface area contributed by atoms with E-state index in [0.717, 1.165) is 51.5 Å². The Hall–Kier alpha value is -1.59. The Balaban J connectivity index is 1.74. The molecule has 1 aromatic rings. The Kier molecular flexibility index (Phi) is 5.18. The zero-order chi connectivity index (χ0) is 13.5. The van der Waals surface area contributed by atoms with Crippen molar-refractivity contribution in [3.63, 3.8) is 0 Å². The molecular weight excluding hydrogens is 242 g/mol. The molecule has 0 unspecified atom stereocenters. The zero-order valence-electron chi connectivity index (χ0n) is 11.1. The van der Waals surface area contributed by atoms with Gasteiger partial charge in [-0.05, 0) is 25.1 Å². The highest BCUT2D eigenvalue weighted by atomic mass is 16.5. The molecule has 1 fully saturated rings. The monoisotopic (exact) mass is 263 g/mol. The van der Waals surface area contributed by atoms with Crippen LogP contribution in [-0.4, -0.2) is 50.2 Å². The summed E-state index contributed by atoms with van der Waals surface area (Å²) < 4.78 is 5.31. The summed E-state index contributed by atoms with van der Waals surface area (Å²) in [7, 11) is 0. The molecule has 0 aromatic heterocycles. The van der Waals surface area contributed by atoms with E-state index in [4.69, 9.17) is 10.5 Å². The van der Waals surface area contributed by atoms with Gasteiger partial charge in [0.05, 0.1) is 18.8 Å². The van der Waals surface area contributed by atoms with Gasteiger partial charge in [-0.2, -0.15) is 0 Å². The predicted molar refractivity (Wildman–Crippen MR) is 75.3 cm³/mol. The van der Waals surface area contributed by atoms with Crippen LogP contribution < -0.4 is 11.1 Å². The number of carbonyl (C=O) groups is 1. The Bertz CT molecular complexity index is 417. The van der Waals surface area contributed by atoms with Gasteiger partial charge in [0.2, 0.25) is 0 Å². The fourth-order valence-corrected chi connectivity index (χ4v) is 2.20. The van der Waals surface area contributed by atoms with E-state index >= 15 is 0 Å². The average Bonchev–Trinajstić information content (AvgIpc) is 2.45. The molecule has 104 valence electrons. The number of para-hydroxylation sites is 1. The molecule has 0 aliphatic carbocycles. The maximum atomic E-state index is 11.3. The third-order valence-electron chi connectivity index (χ3n) is 3.26. The summed E-state index contributed by atoms with van der Waals surface area (Å²) in [4.78, 5) is 13.7. The number of nitrogens with zero attached hydrogens (tertiary/aromatic N) is 1. The molecule has 1 aromatic carbocycles. The largest absolute Gasteiger partial charge is 0.384 e. The minimum absolute atomic E-state index is 0.392. The summed E-state index contributed by atoms with van der Waals surface area (Å²) in [5, 5.41) is 3.28. The molecule has 3 N–H and O–H groups in total. The third-order valence-corrected chi connectivity index (χ3v) is 3.26. The first kappa shape index (κ1) is 13.8. The number of carbonyl (C=O) groups excluding carboxylic acids is 1. The Labute approximate surface area is 113 Å². The van der Waals surface area contributed by atoms with Crippen molar-refractivity contribution in [3.8, 4) is 0 Å². The van der Waals surface area contributed by atoms with Gasteiger partial charge in [0, 0.05) is 25.3 Å². The molecule has 0 spiro atoms. The van der Waals surface area contributed by atoms with Crippen LogP contribution in [0.5, 0.6) is 0 Å². The van der Waals surface area contributed by atoms with E-state index in [0.29, 0.717) is 5.56 Å². The lowest BCUT2D eigenvalue weighted by molar-refractivity contribution is 0.0378. The SMILES string of the molecule is NC(=O)c1ccccc1NCCCN1CCOCC1. The predicted octanol–water partition coefficient (Wildman–Crippen LogP) is 0.920. The molecule has 1 heterocycles. The van der Waals surface area contributed by atoms with Crippen LogP contribution >= 0.6 is 0 Å². The average molecular weight is 263 g/mol. The van der Waals surface area contributed by atoms with Crippen LogP contribution in [0.2, 0.25) is 0 Å². The van der Waals surface area contributed by atoms with E-state index in [9.17, 15) is 4.79 Å². The maximum Gasteiger partial charge on any atom is 0.250 e. The van der Waals surface area contributed by atoms with E-state index in [1.807, 2.05) is 18.2 Å². The van der Waals surface area contributed by atoms with Crippen LogP contribution in [0, 0.1) is 0 Å². The number of hydrogen-bond acceptors (Lipinski definition) is 4. The highest BCUT2D eigenvalue weighted by Gasteiger charge is 2.10. The lowest BCUT2D eigenvalue weighted by Crippen LogP contribution is -2.37. The summed E-state index contributed by atoms with van der Waals surface area (Å²) in [6.07, 6.45) is 1.03. The van der Waals surface area contributed by atoms with Gasteiger partial charge in [0.25, 0.3) is 5.91 Å². The molecule has 0 saturated carbocycles. The molecule has 5 heteroatoms. The number of amides is 1. The highest BCUT2D eigenvalue weighted by molar-refractivity contribution is 5.98. The van der Waals surface area contributed by atoms with Crippen molar-refractivity contribution in [2.75, 3.05) is 44.7 Å². The van der Waals surface area contributed by atoms with Crippen LogP contribution in [0.25, 0.3) is 0 Å². The van der Waals surface area contributed by atoms with E-state index in [-0.39, 0.29) is 0 Å². The van der Waals surface area contributed by atoms with E-state index < -0.39 is 5.91 Å². The Morgan fingerprint density at radius 2 is 2.05 bits per heavy atom. The summed E-state index contributed by atoms with van der Waals surface area (Å²) in [6, 6.07) is 7.34. The standard InChI is InChI=1S/C14H21N3O2/c15-14(18)12-4-1-2-5-13(12)16-6-3-7-17-8-10-19-11-9-17/h1-2,4-5,16H,3,6-11H2,(H2,15,18). The quantitative estimate of drug-likeness (QED) is 0.749. The maximum absolute atomic E-state index is 11.3. The van der Waals surface area contributed by atoms with Crippen molar-refractivity contribution < 1.29 is 9.53 Å². The Morgan fingerprint density at radius 3 is 2.79 bits per heavy atom. The van der Waals surface area contributed by atoms with Gasteiger partial charge in [0.15, 0.2) is 0 Å². The molecule has 0 atom stereocenters. The van der Waals surface area contributed by atoms with Gasteiger partial charge in [-0.1, -0.05) is 12.1 Å². The highest BCUT2D eigenvalue weighted by Crippen LogP contribution is 2.14. The molecule has 5 nitrogen and oxygen atoms in total. The molecule has 1 amide bonds. The number of morpholine rings is 1. The zero-order valence-corrected chi connectivity index (χ0v) is 11.1. The minimum Gasteiger partial charge on any atom is -0.384 e. The van der Waals surface area contributed by atoms with Crippen LogP contribution in [0.4, 0.5) is 5.69 Å². The molecule has 1 saturated heterocycles. The van der Waals surface area contributed by atoms with Crippen LogP contribution in [0.15, 0.2) is 24.3 Å². The van der Waals surface area contributed by atoms with Crippen molar-refractivity contribution in [2.24, 2.45) is 5.73 Å². The molecule has 19 heavy (non-hydrogen) atoms. The van der Waals surface area contributed by atoms with Crippen LogP contribution in [0.1, 0.15) is 16.8 Å². The summed E-state index contributed by atoms with van der Waals surface area (Å²) in [5.74, 6) is -0.392. The van der Waals surface area contributed by atoms with Crippen molar-refractivity contribution in [1.29, 1.82) is 0 Å². The van der Waals surface area contributed by atoms with Gasteiger partial charge in [-0.15, -0.1) is 0 Å². The molecular formula is C14H21N3O2. The first-order valence-electron chi connectivity index (χ1n) is 6.70. The van der Waals surface area contributed by atoms with Crippen LogP contribution in [-0.2, 0) is 4.74 Å². The van der Waals surface area contributed by atoms with E-state index in [2.05, 4.69) is 10.2 Å². The second-order valence-corrected chi connectivity index (χ2v) is 4.64. The number of rotatable bonds is 6. The topological polar surface area (TPSA) is 67.6 Å². The first-order chi connectivity index (χ1) is 9.27. The van der Waals surface area contributed by atoms with Crippen molar-refractivity contribution in [1.82, 2.24) is 4.90 Å². The summed E-state index contributed by atoms with van der Waals surface area (Å²) in [6.45, 7) is 5.57. The lowest BCUT2D eigenvalue weighted by atomic mass is 10.1. The van der Waals surface area contributed by atoms with Gasteiger partial charge in [0.1, 0.15) is 0 Å². The molecule has 0 bridgehead atoms.